The number of halogens is 2. The molecule has 0 aliphatic rings. The molecule has 0 bridgehead atoms. The molecule has 0 saturated heterocycles. The van der Waals surface area contributed by atoms with Crippen LogP contribution in [0.1, 0.15) is 28.9 Å². The maximum Gasteiger partial charge on any atom is 0.312 e. The Labute approximate surface area is 141 Å². The van der Waals surface area contributed by atoms with Crippen molar-refractivity contribution in [3.63, 3.8) is 0 Å². The first-order valence-corrected chi connectivity index (χ1v) is 7.18. The quantitative estimate of drug-likeness (QED) is 0.770. The molecular weight excluding hydrogens is 343 g/mol. The number of Topliss-reactive ketones (excluding diaryl/α,β-unsaturated/α-hetero) is 1. The first-order valence-electron chi connectivity index (χ1n) is 6.80. The second-order valence-corrected chi connectivity index (χ2v) is 5.41. The molecule has 1 unspecified atom stereocenters. The molecule has 1 aromatic heterocycles. The number of methoxy groups -OCH3 is 1. The lowest BCUT2D eigenvalue weighted by Gasteiger charge is -2.06. The van der Waals surface area contributed by atoms with Crippen LogP contribution >= 0.6 is 11.6 Å². The lowest BCUT2D eigenvalue weighted by atomic mass is 10.0. The Balaban J connectivity index is 2.68. The van der Waals surface area contributed by atoms with Gasteiger partial charge < -0.3 is 14.9 Å². The second-order valence-electron chi connectivity index (χ2n) is 5.01. The smallest absolute Gasteiger partial charge is 0.312 e. The molecule has 7 nitrogen and oxygen atoms in total. The van der Waals surface area contributed by atoms with Crippen molar-refractivity contribution >= 4 is 23.4 Å². The third kappa shape index (κ3) is 3.24. The molecule has 0 spiro atoms. The SMILES string of the molecule is COCC(=O)c1c(C(C)C(=O)O)nn(-c2ccc(F)cc2Cl)c1O. The largest absolute Gasteiger partial charge is 0.493 e. The van der Waals surface area contributed by atoms with Crippen LogP contribution in [0.15, 0.2) is 18.2 Å². The maximum atomic E-state index is 13.2. The highest BCUT2D eigenvalue weighted by Gasteiger charge is 2.30. The van der Waals surface area contributed by atoms with Crippen molar-refractivity contribution in [3.8, 4) is 11.6 Å². The van der Waals surface area contributed by atoms with Gasteiger partial charge >= 0.3 is 5.97 Å². The van der Waals surface area contributed by atoms with Gasteiger partial charge in [-0.05, 0) is 25.1 Å². The maximum absolute atomic E-state index is 13.2. The summed E-state index contributed by atoms with van der Waals surface area (Å²) in [7, 11) is 1.29. The van der Waals surface area contributed by atoms with E-state index in [2.05, 4.69) is 5.10 Å². The van der Waals surface area contributed by atoms with Gasteiger partial charge in [-0.2, -0.15) is 9.78 Å². The number of aromatic nitrogens is 2. The number of ketones is 1. The summed E-state index contributed by atoms with van der Waals surface area (Å²) in [6.07, 6.45) is 0. The lowest BCUT2D eigenvalue weighted by Crippen LogP contribution is -2.15. The molecule has 0 saturated carbocycles. The second kappa shape index (κ2) is 6.98. The van der Waals surface area contributed by atoms with Crippen molar-refractivity contribution in [3.05, 3.63) is 40.3 Å². The molecule has 2 N–H and O–H groups in total. The number of carboxylic acids is 1. The average molecular weight is 357 g/mol. The van der Waals surface area contributed by atoms with E-state index in [9.17, 15) is 24.2 Å². The van der Waals surface area contributed by atoms with Gasteiger partial charge in [-0.15, -0.1) is 0 Å². The number of carbonyl (C=O) groups is 2. The summed E-state index contributed by atoms with van der Waals surface area (Å²) in [4.78, 5) is 23.4. The number of rotatable bonds is 6. The molecular formula is C15H14ClFN2O5. The molecule has 1 atom stereocenters. The Kier molecular flexibility index (Phi) is 5.20. The predicted molar refractivity (Wildman–Crippen MR) is 82.5 cm³/mol. The van der Waals surface area contributed by atoms with Crippen molar-refractivity contribution < 1.29 is 28.9 Å². The Bertz CT molecular complexity index is 805. The number of nitrogens with zero attached hydrogens (tertiary/aromatic N) is 2. The molecule has 0 aliphatic heterocycles. The van der Waals surface area contributed by atoms with Crippen molar-refractivity contribution in [1.82, 2.24) is 9.78 Å². The topological polar surface area (TPSA) is 102 Å². The number of hydrogen-bond donors (Lipinski definition) is 2. The minimum absolute atomic E-state index is 0.0620. The number of aliphatic carboxylic acids is 1. The Hall–Kier alpha value is -2.45. The minimum Gasteiger partial charge on any atom is -0.493 e. The Morgan fingerprint density at radius 2 is 2.12 bits per heavy atom. The van der Waals surface area contributed by atoms with Crippen LogP contribution < -0.4 is 0 Å². The highest BCUT2D eigenvalue weighted by atomic mass is 35.5. The van der Waals surface area contributed by atoms with Gasteiger partial charge in [0.15, 0.2) is 5.78 Å². The van der Waals surface area contributed by atoms with Crippen molar-refractivity contribution in [2.45, 2.75) is 12.8 Å². The van der Waals surface area contributed by atoms with Crippen LogP contribution in [0.25, 0.3) is 5.69 Å². The Morgan fingerprint density at radius 1 is 1.46 bits per heavy atom. The number of benzene rings is 1. The zero-order chi connectivity index (χ0) is 18.0. The molecule has 1 aromatic carbocycles. The highest BCUT2D eigenvalue weighted by molar-refractivity contribution is 6.32. The van der Waals surface area contributed by atoms with Crippen LogP contribution in [0.4, 0.5) is 4.39 Å². The molecule has 0 radical (unpaired) electrons. The third-order valence-electron chi connectivity index (χ3n) is 3.36. The summed E-state index contributed by atoms with van der Waals surface area (Å²) in [5.41, 5.74) is -0.305. The lowest BCUT2D eigenvalue weighted by molar-refractivity contribution is -0.138. The number of hydrogen-bond acceptors (Lipinski definition) is 5. The third-order valence-corrected chi connectivity index (χ3v) is 3.66. The summed E-state index contributed by atoms with van der Waals surface area (Å²) in [6.45, 7) is 0.958. The number of carbonyl (C=O) groups excluding carboxylic acids is 1. The number of ether oxygens (including phenoxy) is 1. The van der Waals surface area contributed by atoms with Crippen molar-refractivity contribution in [1.29, 1.82) is 0 Å². The van der Waals surface area contributed by atoms with Gasteiger partial charge in [0.1, 0.15) is 18.0 Å². The van der Waals surface area contributed by atoms with E-state index in [-0.39, 0.29) is 28.6 Å². The number of carboxylic acid groups (broad SMARTS) is 1. The van der Waals surface area contributed by atoms with E-state index in [0.29, 0.717) is 0 Å². The standard InChI is InChI=1S/C15H14ClFN2O5/c1-7(15(22)23)13-12(11(20)6-24-2)14(21)19(18-13)10-4-3-8(17)5-9(10)16/h3-5,7,21H,6H2,1-2H3,(H,22,23). The van der Waals surface area contributed by atoms with Crippen molar-refractivity contribution in [2.24, 2.45) is 0 Å². The van der Waals surface area contributed by atoms with Crippen LogP contribution in [0.3, 0.4) is 0 Å². The fraction of sp³-hybridized carbons (Fsp3) is 0.267. The summed E-state index contributed by atoms with van der Waals surface area (Å²) in [5.74, 6) is -4.20. The van der Waals surface area contributed by atoms with E-state index >= 15 is 0 Å². The van der Waals surface area contributed by atoms with Gasteiger partial charge in [0.2, 0.25) is 5.88 Å². The van der Waals surface area contributed by atoms with Gasteiger partial charge in [0.05, 0.1) is 22.3 Å². The molecule has 9 heteroatoms. The predicted octanol–water partition coefficient (Wildman–Crippen LogP) is 2.39. The Morgan fingerprint density at radius 3 is 2.67 bits per heavy atom. The van der Waals surface area contributed by atoms with E-state index in [0.717, 1.165) is 16.8 Å². The van der Waals surface area contributed by atoms with E-state index in [4.69, 9.17) is 16.3 Å². The zero-order valence-electron chi connectivity index (χ0n) is 12.8. The summed E-state index contributed by atoms with van der Waals surface area (Å²) in [6, 6.07) is 3.36. The monoisotopic (exact) mass is 356 g/mol. The van der Waals surface area contributed by atoms with Crippen LogP contribution in [0.5, 0.6) is 5.88 Å². The van der Waals surface area contributed by atoms with E-state index in [1.165, 1.54) is 20.1 Å². The van der Waals surface area contributed by atoms with Gasteiger partial charge in [-0.3, -0.25) is 9.59 Å². The molecule has 2 rings (SSSR count). The van der Waals surface area contributed by atoms with Crippen LogP contribution in [0, 0.1) is 5.82 Å². The van der Waals surface area contributed by atoms with Crippen LogP contribution in [-0.4, -0.2) is 45.5 Å². The normalized spacial score (nSPS) is 12.2. The fourth-order valence-electron chi connectivity index (χ4n) is 2.14. The minimum atomic E-state index is -1.23. The summed E-state index contributed by atoms with van der Waals surface area (Å²) >= 11 is 5.94. The van der Waals surface area contributed by atoms with Gasteiger partial charge in [-0.1, -0.05) is 11.6 Å². The van der Waals surface area contributed by atoms with E-state index < -0.39 is 29.4 Å². The molecule has 1 heterocycles. The molecule has 0 aliphatic carbocycles. The van der Waals surface area contributed by atoms with Gasteiger partial charge in [0, 0.05) is 7.11 Å². The first kappa shape index (κ1) is 17.9. The molecule has 2 aromatic rings. The highest BCUT2D eigenvalue weighted by Crippen LogP contribution is 2.32. The molecule has 128 valence electrons. The summed E-state index contributed by atoms with van der Waals surface area (Å²) in [5, 5.41) is 23.5. The van der Waals surface area contributed by atoms with E-state index in [1.807, 2.05) is 0 Å². The van der Waals surface area contributed by atoms with Gasteiger partial charge in [-0.25, -0.2) is 4.39 Å². The number of aromatic hydroxyl groups is 1. The summed E-state index contributed by atoms with van der Waals surface area (Å²) < 4.78 is 18.8. The van der Waals surface area contributed by atoms with Gasteiger partial charge in [0.25, 0.3) is 0 Å². The average Bonchev–Trinajstić information content (AvgIpc) is 2.84. The van der Waals surface area contributed by atoms with Crippen LogP contribution in [-0.2, 0) is 9.53 Å². The zero-order valence-corrected chi connectivity index (χ0v) is 13.5. The van der Waals surface area contributed by atoms with Crippen LogP contribution in [0.2, 0.25) is 5.02 Å². The first-order chi connectivity index (χ1) is 11.3. The van der Waals surface area contributed by atoms with Crippen molar-refractivity contribution in [2.75, 3.05) is 13.7 Å². The fourth-order valence-corrected chi connectivity index (χ4v) is 2.38. The van der Waals surface area contributed by atoms with E-state index in [1.54, 1.807) is 0 Å². The molecule has 24 heavy (non-hydrogen) atoms. The molecule has 0 amide bonds. The molecule has 0 fully saturated rings.